The first-order chi connectivity index (χ1) is 7.84. The van der Waals surface area contributed by atoms with Gasteiger partial charge >= 0.3 is 12.1 Å². The minimum Gasteiger partial charge on any atom is -0.479 e. The summed E-state index contributed by atoms with van der Waals surface area (Å²) >= 11 is 0. The van der Waals surface area contributed by atoms with Crippen LogP contribution in [0.3, 0.4) is 0 Å². The summed E-state index contributed by atoms with van der Waals surface area (Å²) in [7, 11) is 0. The van der Waals surface area contributed by atoms with Crippen LogP contribution >= 0.6 is 0 Å². The van der Waals surface area contributed by atoms with Crippen LogP contribution in [0, 0.1) is 5.41 Å². The molecule has 0 aromatic carbocycles. The normalized spacial score (nSPS) is 13.7. The van der Waals surface area contributed by atoms with E-state index in [-0.39, 0.29) is 0 Å². The van der Waals surface area contributed by atoms with Crippen LogP contribution in [-0.2, 0) is 14.3 Å². The summed E-state index contributed by atoms with van der Waals surface area (Å²) in [5.41, 5.74) is -1.62. The first-order valence-corrected chi connectivity index (χ1v) is 5.61. The second-order valence-corrected chi connectivity index (χ2v) is 6.03. The number of hydrogen-bond donors (Lipinski definition) is 2. The maximum Gasteiger partial charge on any atom is 0.408 e. The molecule has 0 saturated carbocycles. The summed E-state index contributed by atoms with van der Waals surface area (Å²) in [6, 6.07) is -1.60. The topological polar surface area (TPSA) is 92.7 Å². The molecule has 0 rings (SSSR count). The van der Waals surface area contributed by atoms with Gasteiger partial charge in [0.1, 0.15) is 5.60 Å². The number of carboxylic acid groups (broad SMARTS) is 1. The Morgan fingerprint density at radius 1 is 1.06 bits per heavy atom. The molecule has 1 unspecified atom stereocenters. The van der Waals surface area contributed by atoms with Crippen molar-refractivity contribution in [3.8, 4) is 0 Å². The second-order valence-electron chi connectivity index (χ2n) is 6.03. The highest BCUT2D eigenvalue weighted by atomic mass is 16.6. The van der Waals surface area contributed by atoms with Gasteiger partial charge in [-0.2, -0.15) is 0 Å². The Morgan fingerprint density at radius 3 is 1.78 bits per heavy atom. The van der Waals surface area contributed by atoms with Crippen LogP contribution in [0.2, 0.25) is 0 Å². The van der Waals surface area contributed by atoms with E-state index in [1.165, 1.54) is 0 Å². The SMILES string of the molecule is CC(C)(C)OC(=O)NC(C(=O)O)C(=O)C(C)(C)C. The van der Waals surface area contributed by atoms with Crippen molar-refractivity contribution in [3.63, 3.8) is 0 Å². The zero-order valence-corrected chi connectivity index (χ0v) is 11.7. The van der Waals surface area contributed by atoms with Crippen LogP contribution in [0.4, 0.5) is 4.79 Å². The zero-order valence-electron chi connectivity index (χ0n) is 11.7. The van der Waals surface area contributed by atoms with Crippen molar-refractivity contribution in [2.24, 2.45) is 5.41 Å². The Morgan fingerprint density at radius 2 is 1.50 bits per heavy atom. The maximum absolute atomic E-state index is 11.9. The van der Waals surface area contributed by atoms with E-state index in [0.29, 0.717) is 0 Å². The molecule has 0 aliphatic carbocycles. The fourth-order valence-corrected chi connectivity index (χ4v) is 1.10. The van der Waals surface area contributed by atoms with E-state index in [1.807, 2.05) is 0 Å². The largest absolute Gasteiger partial charge is 0.479 e. The lowest BCUT2D eigenvalue weighted by Crippen LogP contribution is -2.51. The van der Waals surface area contributed by atoms with Crippen LogP contribution in [-0.4, -0.2) is 34.6 Å². The molecule has 0 aromatic heterocycles. The molecule has 18 heavy (non-hydrogen) atoms. The maximum atomic E-state index is 11.9. The molecule has 6 heteroatoms. The number of Topliss-reactive ketones (excluding diaryl/α,β-unsaturated/α-hetero) is 1. The molecule has 0 fully saturated rings. The van der Waals surface area contributed by atoms with E-state index >= 15 is 0 Å². The number of amides is 1. The highest BCUT2D eigenvalue weighted by Crippen LogP contribution is 2.17. The van der Waals surface area contributed by atoms with Gasteiger partial charge in [-0.15, -0.1) is 0 Å². The molecule has 1 amide bonds. The summed E-state index contributed by atoms with van der Waals surface area (Å²) in [5, 5.41) is 11.0. The number of hydrogen-bond acceptors (Lipinski definition) is 4. The predicted molar refractivity (Wildman–Crippen MR) is 65.3 cm³/mol. The molecule has 104 valence electrons. The lowest BCUT2D eigenvalue weighted by molar-refractivity contribution is -0.145. The summed E-state index contributed by atoms with van der Waals surface area (Å²) in [5.74, 6) is -1.98. The van der Waals surface area contributed by atoms with Gasteiger partial charge in [-0.05, 0) is 20.8 Å². The van der Waals surface area contributed by atoms with E-state index in [0.717, 1.165) is 0 Å². The van der Waals surface area contributed by atoms with Gasteiger partial charge in [0, 0.05) is 5.41 Å². The lowest BCUT2D eigenvalue weighted by atomic mass is 9.86. The third-order valence-corrected chi connectivity index (χ3v) is 1.91. The summed E-state index contributed by atoms with van der Waals surface area (Å²) in [6.07, 6.45) is -0.924. The number of carbonyl (C=O) groups is 3. The smallest absolute Gasteiger partial charge is 0.408 e. The molecular formula is C12H21NO5. The van der Waals surface area contributed by atoms with Crippen LogP contribution < -0.4 is 5.32 Å². The third kappa shape index (κ3) is 5.65. The van der Waals surface area contributed by atoms with Crippen molar-refractivity contribution in [3.05, 3.63) is 0 Å². The van der Waals surface area contributed by atoms with E-state index in [9.17, 15) is 14.4 Å². The second kappa shape index (κ2) is 5.37. The Hall–Kier alpha value is -1.59. The van der Waals surface area contributed by atoms with E-state index in [2.05, 4.69) is 5.32 Å². The fraction of sp³-hybridized carbons (Fsp3) is 0.750. The molecule has 0 aliphatic rings. The van der Waals surface area contributed by atoms with Gasteiger partial charge in [0.25, 0.3) is 0 Å². The monoisotopic (exact) mass is 259 g/mol. The van der Waals surface area contributed by atoms with E-state index in [4.69, 9.17) is 9.84 Å². The Kier molecular flexibility index (Phi) is 4.90. The van der Waals surface area contributed by atoms with Crippen LogP contribution in [0.1, 0.15) is 41.5 Å². The van der Waals surface area contributed by atoms with Crippen molar-refractivity contribution in [2.75, 3.05) is 0 Å². The van der Waals surface area contributed by atoms with Gasteiger partial charge in [-0.1, -0.05) is 20.8 Å². The number of carboxylic acids is 1. The molecule has 0 bridgehead atoms. The molecule has 6 nitrogen and oxygen atoms in total. The highest BCUT2D eigenvalue weighted by molar-refractivity contribution is 6.06. The number of ether oxygens (including phenoxy) is 1. The van der Waals surface area contributed by atoms with Crippen LogP contribution in [0.5, 0.6) is 0 Å². The minimum absolute atomic E-state index is 0.583. The average Bonchev–Trinajstić information content (AvgIpc) is 2.08. The summed E-state index contributed by atoms with van der Waals surface area (Å²) in [6.45, 7) is 9.70. The molecule has 1 atom stereocenters. The summed E-state index contributed by atoms with van der Waals surface area (Å²) in [4.78, 5) is 34.3. The molecule has 2 N–H and O–H groups in total. The van der Waals surface area contributed by atoms with Crippen molar-refractivity contribution < 1.29 is 24.2 Å². The predicted octanol–water partition coefficient (Wildman–Crippen LogP) is 1.58. The van der Waals surface area contributed by atoms with Gasteiger partial charge in [0.05, 0.1) is 0 Å². The Balaban J connectivity index is 4.82. The molecule has 0 aromatic rings. The van der Waals surface area contributed by atoms with Crippen molar-refractivity contribution in [2.45, 2.75) is 53.2 Å². The lowest BCUT2D eigenvalue weighted by Gasteiger charge is -2.25. The molecule has 0 saturated heterocycles. The van der Waals surface area contributed by atoms with Gasteiger partial charge in [0.2, 0.25) is 0 Å². The Labute approximate surface area is 107 Å². The van der Waals surface area contributed by atoms with E-state index < -0.39 is 34.9 Å². The Bertz CT molecular complexity index is 348. The van der Waals surface area contributed by atoms with Crippen LogP contribution in [0.25, 0.3) is 0 Å². The number of aliphatic carboxylic acids is 1. The van der Waals surface area contributed by atoms with Crippen molar-refractivity contribution >= 4 is 17.8 Å². The quantitative estimate of drug-likeness (QED) is 0.750. The van der Waals surface area contributed by atoms with E-state index in [1.54, 1.807) is 41.5 Å². The number of ketones is 1. The molecule has 0 radical (unpaired) electrons. The molecular weight excluding hydrogens is 238 g/mol. The first kappa shape index (κ1) is 16.4. The van der Waals surface area contributed by atoms with Crippen molar-refractivity contribution in [1.29, 1.82) is 0 Å². The molecule has 0 heterocycles. The van der Waals surface area contributed by atoms with Gasteiger partial charge in [0.15, 0.2) is 11.8 Å². The number of alkyl carbamates (subject to hydrolysis) is 1. The zero-order chi connectivity index (χ0) is 14.7. The van der Waals surface area contributed by atoms with Gasteiger partial charge in [-0.25, -0.2) is 9.59 Å². The average molecular weight is 259 g/mol. The molecule has 0 aliphatic heterocycles. The van der Waals surface area contributed by atoms with Crippen LogP contribution in [0.15, 0.2) is 0 Å². The fourth-order valence-electron chi connectivity index (χ4n) is 1.10. The number of rotatable bonds is 3. The standard InChI is InChI=1S/C12H21NO5/c1-11(2,3)8(14)7(9(15)16)13-10(17)18-12(4,5)6/h7H,1-6H3,(H,13,17)(H,15,16). The third-order valence-electron chi connectivity index (χ3n) is 1.91. The number of nitrogens with one attached hydrogen (secondary N) is 1. The highest BCUT2D eigenvalue weighted by Gasteiger charge is 2.36. The minimum atomic E-state index is -1.60. The number of carbonyl (C=O) groups excluding carboxylic acids is 2. The first-order valence-electron chi connectivity index (χ1n) is 5.61. The van der Waals surface area contributed by atoms with Crippen molar-refractivity contribution in [1.82, 2.24) is 5.32 Å². The summed E-state index contributed by atoms with van der Waals surface area (Å²) < 4.78 is 4.92. The van der Waals surface area contributed by atoms with Gasteiger partial charge < -0.3 is 15.2 Å². The van der Waals surface area contributed by atoms with Gasteiger partial charge in [-0.3, -0.25) is 4.79 Å². The molecule has 0 spiro atoms.